The second kappa shape index (κ2) is 4.70. The highest BCUT2D eigenvalue weighted by molar-refractivity contribution is 9.10. The van der Waals surface area contributed by atoms with Crippen LogP contribution in [-0.4, -0.2) is 16.7 Å². The molecule has 5 heteroatoms. The van der Waals surface area contributed by atoms with Gasteiger partial charge in [0.25, 0.3) is 0 Å². The van der Waals surface area contributed by atoms with Gasteiger partial charge in [0.15, 0.2) is 0 Å². The lowest BCUT2D eigenvalue weighted by atomic mass is 10.2. The van der Waals surface area contributed by atoms with Gasteiger partial charge in [-0.1, -0.05) is 0 Å². The summed E-state index contributed by atoms with van der Waals surface area (Å²) >= 11 is 3.29. The van der Waals surface area contributed by atoms with E-state index in [2.05, 4.69) is 26.2 Å². The zero-order valence-electron chi connectivity index (χ0n) is 9.06. The number of hydrogen-bond acceptors (Lipinski definition) is 2. The normalized spacial score (nSPS) is 11.2. The Morgan fingerprint density at radius 1 is 1.60 bits per heavy atom. The Hall–Kier alpha value is -0.970. The van der Waals surface area contributed by atoms with Crippen LogP contribution in [0.5, 0.6) is 0 Å². The van der Waals surface area contributed by atoms with Crippen LogP contribution in [-0.2, 0) is 11.3 Å². The molecule has 0 aliphatic rings. The van der Waals surface area contributed by atoms with Gasteiger partial charge in [0.2, 0.25) is 0 Å². The number of nitrogens with one attached hydrogen (secondary N) is 2. The summed E-state index contributed by atoms with van der Waals surface area (Å²) < 4.78 is 5.99. The van der Waals surface area contributed by atoms with Crippen LogP contribution in [0.1, 0.15) is 26.3 Å². The largest absolute Gasteiger partial charge is 0.444 e. The first-order valence-corrected chi connectivity index (χ1v) is 5.46. The fourth-order valence-corrected chi connectivity index (χ4v) is 1.41. The van der Waals surface area contributed by atoms with E-state index >= 15 is 0 Å². The van der Waals surface area contributed by atoms with E-state index in [0.29, 0.717) is 6.54 Å². The number of ether oxygens (including phenoxy) is 1. The second-order valence-electron chi connectivity index (χ2n) is 4.21. The predicted octanol–water partition coefficient (Wildman–Crippen LogP) is 2.80. The summed E-state index contributed by atoms with van der Waals surface area (Å²) in [6, 6.07) is 1.90. The molecular formula is C10H15BrN2O2. The molecule has 0 atom stereocenters. The van der Waals surface area contributed by atoms with Gasteiger partial charge in [-0.25, -0.2) is 4.79 Å². The van der Waals surface area contributed by atoms with E-state index in [9.17, 15) is 4.79 Å². The Kier molecular flexibility index (Phi) is 3.79. The number of alkyl carbamates (subject to hydrolysis) is 1. The van der Waals surface area contributed by atoms with Crippen LogP contribution in [0.25, 0.3) is 0 Å². The average molecular weight is 275 g/mol. The molecule has 0 aliphatic carbocycles. The van der Waals surface area contributed by atoms with Crippen molar-refractivity contribution >= 4 is 22.0 Å². The van der Waals surface area contributed by atoms with Gasteiger partial charge in [-0.2, -0.15) is 0 Å². The Labute approximate surface area is 97.5 Å². The molecule has 1 heterocycles. The third kappa shape index (κ3) is 4.88. The first kappa shape index (κ1) is 12.1. The quantitative estimate of drug-likeness (QED) is 0.872. The van der Waals surface area contributed by atoms with E-state index in [-0.39, 0.29) is 0 Å². The molecule has 0 unspecified atom stereocenters. The van der Waals surface area contributed by atoms with Crippen LogP contribution in [0.3, 0.4) is 0 Å². The first-order valence-electron chi connectivity index (χ1n) is 4.66. The molecule has 0 saturated carbocycles. The second-order valence-corrected chi connectivity index (χ2v) is 5.07. The van der Waals surface area contributed by atoms with Gasteiger partial charge >= 0.3 is 6.09 Å². The highest BCUT2D eigenvalue weighted by Crippen LogP contribution is 2.10. The Morgan fingerprint density at radius 3 is 2.73 bits per heavy atom. The molecule has 1 aromatic rings. The average Bonchev–Trinajstić information content (AvgIpc) is 2.45. The minimum Gasteiger partial charge on any atom is -0.444 e. The molecule has 0 saturated heterocycles. The maximum absolute atomic E-state index is 11.3. The molecule has 84 valence electrons. The summed E-state index contributed by atoms with van der Waals surface area (Å²) in [7, 11) is 0. The number of hydrogen-bond donors (Lipinski definition) is 2. The number of aromatic nitrogens is 1. The Bertz CT molecular complexity index is 341. The van der Waals surface area contributed by atoms with Gasteiger partial charge in [0.1, 0.15) is 5.60 Å². The van der Waals surface area contributed by atoms with Crippen LogP contribution < -0.4 is 5.32 Å². The van der Waals surface area contributed by atoms with Crippen molar-refractivity contribution in [3.05, 3.63) is 22.4 Å². The maximum Gasteiger partial charge on any atom is 0.407 e. The molecule has 0 fully saturated rings. The van der Waals surface area contributed by atoms with Crippen molar-refractivity contribution in [2.75, 3.05) is 0 Å². The minimum atomic E-state index is -0.456. The Morgan fingerprint density at radius 2 is 2.27 bits per heavy atom. The summed E-state index contributed by atoms with van der Waals surface area (Å²) in [4.78, 5) is 14.2. The number of aromatic amines is 1. The summed E-state index contributed by atoms with van der Waals surface area (Å²) in [5, 5.41) is 2.67. The number of amides is 1. The summed E-state index contributed by atoms with van der Waals surface area (Å²) in [5.41, 5.74) is 0.538. The van der Waals surface area contributed by atoms with Crippen molar-refractivity contribution in [3.63, 3.8) is 0 Å². The van der Waals surface area contributed by atoms with E-state index in [1.807, 2.05) is 33.0 Å². The number of carbonyl (C=O) groups is 1. The molecule has 0 bridgehead atoms. The third-order valence-electron chi connectivity index (χ3n) is 1.54. The van der Waals surface area contributed by atoms with Gasteiger partial charge in [0.05, 0.1) is 4.60 Å². The Balaban J connectivity index is 2.35. The first-order chi connectivity index (χ1) is 6.87. The lowest BCUT2D eigenvalue weighted by Gasteiger charge is -2.19. The van der Waals surface area contributed by atoms with Crippen LogP contribution in [0.15, 0.2) is 16.9 Å². The van der Waals surface area contributed by atoms with Crippen LogP contribution in [0, 0.1) is 0 Å². The van der Waals surface area contributed by atoms with E-state index in [1.54, 1.807) is 0 Å². The van der Waals surface area contributed by atoms with Crippen LogP contribution >= 0.6 is 15.9 Å². The van der Waals surface area contributed by atoms with Gasteiger partial charge in [-0.3, -0.25) is 0 Å². The topological polar surface area (TPSA) is 54.1 Å². The number of rotatable bonds is 2. The molecule has 1 amide bonds. The summed E-state index contributed by atoms with van der Waals surface area (Å²) in [5.74, 6) is 0. The van der Waals surface area contributed by atoms with Gasteiger partial charge < -0.3 is 15.0 Å². The van der Waals surface area contributed by atoms with Crippen molar-refractivity contribution in [1.82, 2.24) is 10.3 Å². The van der Waals surface area contributed by atoms with E-state index < -0.39 is 11.7 Å². The van der Waals surface area contributed by atoms with Crippen molar-refractivity contribution in [2.45, 2.75) is 32.9 Å². The number of halogens is 1. The van der Waals surface area contributed by atoms with Crippen LogP contribution in [0.2, 0.25) is 0 Å². The van der Waals surface area contributed by atoms with Crippen molar-refractivity contribution in [3.8, 4) is 0 Å². The molecule has 0 radical (unpaired) electrons. The predicted molar refractivity (Wildman–Crippen MR) is 61.6 cm³/mol. The molecule has 15 heavy (non-hydrogen) atoms. The number of carbonyl (C=O) groups excluding carboxylic acids is 1. The highest BCUT2D eigenvalue weighted by Gasteiger charge is 2.15. The molecule has 0 aliphatic heterocycles. The van der Waals surface area contributed by atoms with Crippen molar-refractivity contribution < 1.29 is 9.53 Å². The third-order valence-corrected chi connectivity index (χ3v) is 2.00. The van der Waals surface area contributed by atoms with Gasteiger partial charge in [-0.15, -0.1) is 0 Å². The number of H-pyrrole nitrogens is 1. The summed E-state index contributed by atoms with van der Waals surface area (Å²) in [6.45, 7) is 5.95. The molecule has 1 rings (SSSR count). The van der Waals surface area contributed by atoms with Gasteiger partial charge in [0, 0.05) is 12.7 Å². The van der Waals surface area contributed by atoms with Crippen molar-refractivity contribution in [2.24, 2.45) is 0 Å². The lowest BCUT2D eigenvalue weighted by Crippen LogP contribution is -2.32. The fraction of sp³-hybridized carbons (Fsp3) is 0.500. The highest BCUT2D eigenvalue weighted by atomic mass is 79.9. The molecule has 4 nitrogen and oxygen atoms in total. The SMILES string of the molecule is CC(C)(C)OC(=O)NCc1c[nH]c(Br)c1. The monoisotopic (exact) mass is 274 g/mol. The van der Waals surface area contributed by atoms with E-state index in [1.165, 1.54) is 0 Å². The van der Waals surface area contributed by atoms with Crippen molar-refractivity contribution in [1.29, 1.82) is 0 Å². The molecule has 0 spiro atoms. The molecule has 2 N–H and O–H groups in total. The zero-order valence-corrected chi connectivity index (χ0v) is 10.6. The van der Waals surface area contributed by atoms with E-state index in [4.69, 9.17) is 4.74 Å². The zero-order chi connectivity index (χ0) is 11.5. The standard InChI is InChI=1S/C10H15BrN2O2/c1-10(2,3)15-9(14)13-6-7-4-8(11)12-5-7/h4-5,12H,6H2,1-3H3,(H,13,14). The van der Waals surface area contributed by atoms with Gasteiger partial charge in [-0.05, 0) is 48.3 Å². The fourth-order valence-electron chi connectivity index (χ4n) is 0.998. The lowest BCUT2D eigenvalue weighted by molar-refractivity contribution is 0.0523. The smallest absolute Gasteiger partial charge is 0.407 e. The van der Waals surface area contributed by atoms with Crippen LogP contribution in [0.4, 0.5) is 4.79 Å². The molecular weight excluding hydrogens is 260 g/mol. The molecule has 0 aromatic carbocycles. The van der Waals surface area contributed by atoms with E-state index in [0.717, 1.165) is 10.2 Å². The minimum absolute atomic E-state index is 0.403. The summed E-state index contributed by atoms with van der Waals surface area (Å²) in [6.07, 6.45) is 1.42. The molecule has 1 aromatic heterocycles. The maximum atomic E-state index is 11.3.